The second-order valence-electron chi connectivity index (χ2n) is 5.39. The highest BCUT2D eigenvalue weighted by Gasteiger charge is 2.17. The van der Waals surface area contributed by atoms with Gasteiger partial charge in [-0.25, -0.2) is 9.59 Å². The molecule has 0 saturated carbocycles. The van der Waals surface area contributed by atoms with Crippen LogP contribution in [-0.4, -0.2) is 28.4 Å². The van der Waals surface area contributed by atoms with Gasteiger partial charge in [0.1, 0.15) is 0 Å². The largest absolute Gasteiger partial charge is 0.478 e. The molecule has 2 N–H and O–H groups in total. The van der Waals surface area contributed by atoms with Crippen LogP contribution in [0.15, 0.2) is 59.1 Å². The fraction of sp³-hybridized carbons (Fsp3) is 0.0500. The molecule has 132 valence electrons. The van der Waals surface area contributed by atoms with Crippen molar-refractivity contribution in [2.75, 3.05) is 0 Å². The van der Waals surface area contributed by atoms with E-state index < -0.39 is 11.9 Å². The Morgan fingerprint density at radius 2 is 1.58 bits per heavy atom. The zero-order valence-electron chi connectivity index (χ0n) is 13.8. The number of carboxylic acid groups (broad SMARTS) is 2. The third-order valence-corrected chi connectivity index (χ3v) is 4.47. The van der Waals surface area contributed by atoms with Gasteiger partial charge >= 0.3 is 11.9 Å². The molecule has 0 bridgehead atoms. The van der Waals surface area contributed by atoms with E-state index in [-0.39, 0.29) is 16.7 Å². The molecule has 0 unspecified atom stereocenters. The van der Waals surface area contributed by atoms with Gasteiger partial charge in [0, 0.05) is 10.0 Å². The molecule has 0 amide bonds. The first-order valence-electron chi connectivity index (χ1n) is 7.55. The molecule has 0 aliphatic heterocycles. The maximum Gasteiger partial charge on any atom is 0.337 e. The maximum absolute atomic E-state index is 10.8. The van der Waals surface area contributed by atoms with E-state index >= 15 is 0 Å². The van der Waals surface area contributed by atoms with Crippen LogP contribution in [0.2, 0.25) is 0 Å². The number of hydrogen-bond acceptors (Lipinski definition) is 3. The molecule has 6 heteroatoms. The topological polar surface area (TPSA) is 91.7 Å². The van der Waals surface area contributed by atoms with Crippen LogP contribution in [0.25, 0.3) is 10.8 Å². The Morgan fingerprint density at radius 3 is 2.19 bits per heavy atom. The van der Waals surface area contributed by atoms with E-state index in [9.17, 15) is 14.4 Å². The number of carbonyl (C=O) groups is 3. The van der Waals surface area contributed by atoms with Crippen LogP contribution >= 0.6 is 15.9 Å². The Balaban J connectivity index is 0.000000189. The molecular formula is C20H15BrO5. The van der Waals surface area contributed by atoms with Gasteiger partial charge in [0.15, 0.2) is 6.29 Å². The second-order valence-corrected chi connectivity index (χ2v) is 6.25. The molecular weight excluding hydrogens is 400 g/mol. The van der Waals surface area contributed by atoms with Gasteiger partial charge in [-0.1, -0.05) is 42.5 Å². The van der Waals surface area contributed by atoms with Gasteiger partial charge in [0.25, 0.3) is 0 Å². The van der Waals surface area contributed by atoms with Crippen LogP contribution in [0.1, 0.15) is 36.6 Å². The Hall–Kier alpha value is -2.99. The van der Waals surface area contributed by atoms with Crippen molar-refractivity contribution in [1.29, 1.82) is 0 Å². The fourth-order valence-electron chi connectivity index (χ4n) is 2.53. The number of halogens is 1. The summed E-state index contributed by atoms with van der Waals surface area (Å²) in [6, 6.07) is 16.4. The molecule has 0 fully saturated rings. The molecule has 0 aromatic heterocycles. The first-order chi connectivity index (χ1) is 12.4. The number of hydrogen-bond donors (Lipinski definition) is 2. The first kappa shape index (κ1) is 19.3. The number of fused-ring (bicyclic) bond motifs is 1. The van der Waals surface area contributed by atoms with Crippen molar-refractivity contribution in [3.8, 4) is 0 Å². The molecule has 0 spiro atoms. The summed E-state index contributed by atoms with van der Waals surface area (Å²) in [4.78, 5) is 32.1. The molecule has 3 aromatic rings. The number of carbonyl (C=O) groups excluding carboxylic acids is 1. The minimum atomic E-state index is -1.14. The first-order valence-corrected chi connectivity index (χ1v) is 8.34. The third kappa shape index (κ3) is 4.15. The van der Waals surface area contributed by atoms with Crippen LogP contribution in [0.3, 0.4) is 0 Å². The number of benzene rings is 3. The summed E-state index contributed by atoms with van der Waals surface area (Å²) in [5, 5.41) is 19.7. The molecule has 26 heavy (non-hydrogen) atoms. The summed E-state index contributed by atoms with van der Waals surface area (Å²) in [7, 11) is 0. The highest BCUT2D eigenvalue weighted by molar-refractivity contribution is 9.10. The SMILES string of the molecule is Cc1c(C(=O)O)ccc(Br)c1C(=O)O.O=Cc1cccc2ccccc12. The van der Waals surface area contributed by atoms with E-state index in [1.54, 1.807) is 0 Å². The van der Waals surface area contributed by atoms with Gasteiger partial charge < -0.3 is 10.2 Å². The van der Waals surface area contributed by atoms with Crippen molar-refractivity contribution in [1.82, 2.24) is 0 Å². The normalized spacial score (nSPS) is 9.92. The minimum Gasteiger partial charge on any atom is -0.478 e. The van der Waals surface area contributed by atoms with E-state index in [1.165, 1.54) is 19.1 Å². The van der Waals surface area contributed by atoms with Crippen molar-refractivity contribution in [3.05, 3.63) is 81.3 Å². The van der Waals surface area contributed by atoms with Crippen molar-refractivity contribution in [2.24, 2.45) is 0 Å². The molecule has 3 rings (SSSR count). The average Bonchev–Trinajstić information content (AvgIpc) is 2.61. The fourth-order valence-corrected chi connectivity index (χ4v) is 3.13. The summed E-state index contributed by atoms with van der Waals surface area (Å²) in [6.07, 6.45) is 0.891. The predicted molar refractivity (Wildman–Crippen MR) is 102 cm³/mol. The lowest BCUT2D eigenvalue weighted by molar-refractivity contribution is 0.0695. The lowest BCUT2D eigenvalue weighted by Crippen LogP contribution is -2.07. The van der Waals surface area contributed by atoms with Crippen molar-refractivity contribution < 1.29 is 24.6 Å². The Kier molecular flexibility index (Phi) is 6.25. The van der Waals surface area contributed by atoms with Crippen molar-refractivity contribution in [2.45, 2.75) is 6.92 Å². The smallest absolute Gasteiger partial charge is 0.337 e. The summed E-state index contributed by atoms with van der Waals surface area (Å²) in [5.74, 6) is -2.27. The number of rotatable bonds is 3. The Labute approximate surface area is 158 Å². The zero-order chi connectivity index (χ0) is 19.3. The predicted octanol–water partition coefficient (Wildman–Crippen LogP) is 4.81. The summed E-state index contributed by atoms with van der Waals surface area (Å²) in [6.45, 7) is 1.47. The van der Waals surface area contributed by atoms with Crippen molar-refractivity contribution in [3.63, 3.8) is 0 Å². The number of carboxylic acids is 2. The quantitative estimate of drug-likeness (QED) is 0.600. The Bertz CT molecular complexity index is 989. The van der Waals surface area contributed by atoms with E-state index in [2.05, 4.69) is 15.9 Å². The minimum absolute atomic E-state index is 0.00519. The Morgan fingerprint density at radius 1 is 0.923 bits per heavy atom. The van der Waals surface area contributed by atoms with Gasteiger partial charge in [-0.3, -0.25) is 4.79 Å². The van der Waals surface area contributed by atoms with Gasteiger partial charge in [0.05, 0.1) is 11.1 Å². The van der Waals surface area contributed by atoms with E-state index in [0.717, 1.165) is 22.6 Å². The molecule has 0 aliphatic rings. The molecule has 0 atom stereocenters. The summed E-state index contributed by atoms with van der Waals surface area (Å²) in [5.41, 5.74) is 1.00. The molecule has 0 aliphatic carbocycles. The molecule has 0 saturated heterocycles. The zero-order valence-corrected chi connectivity index (χ0v) is 15.4. The van der Waals surface area contributed by atoms with E-state index in [0.29, 0.717) is 4.47 Å². The third-order valence-electron chi connectivity index (χ3n) is 3.81. The van der Waals surface area contributed by atoms with E-state index in [4.69, 9.17) is 10.2 Å². The second kappa shape index (κ2) is 8.40. The maximum atomic E-state index is 10.8. The molecule has 3 aromatic carbocycles. The molecule has 0 heterocycles. The average molecular weight is 415 g/mol. The molecule has 0 radical (unpaired) electrons. The highest BCUT2D eigenvalue weighted by Crippen LogP contribution is 2.23. The van der Waals surface area contributed by atoms with Gasteiger partial charge in [-0.2, -0.15) is 0 Å². The van der Waals surface area contributed by atoms with Crippen LogP contribution in [0, 0.1) is 6.92 Å². The monoisotopic (exact) mass is 414 g/mol. The number of aromatic carboxylic acids is 2. The lowest BCUT2D eigenvalue weighted by Gasteiger charge is -2.06. The summed E-state index contributed by atoms with van der Waals surface area (Å²) >= 11 is 3.06. The van der Waals surface area contributed by atoms with Crippen molar-refractivity contribution >= 4 is 44.9 Å². The molecule has 5 nitrogen and oxygen atoms in total. The lowest BCUT2D eigenvalue weighted by atomic mass is 10.0. The van der Waals surface area contributed by atoms with E-state index in [1.807, 2.05) is 42.5 Å². The van der Waals surface area contributed by atoms with Gasteiger partial charge in [-0.15, -0.1) is 0 Å². The van der Waals surface area contributed by atoms with Crippen LogP contribution in [0.5, 0.6) is 0 Å². The number of aldehydes is 1. The summed E-state index contributed by atoms with van der Waals surface area (Å²) < 4.78 is 0.382. The van der Waals surface area contributed by atoms with Crippen LogP contribution in [0.4, 0.5) is 0 Å². The standard InChI is InChI=1S/C11H8O.C9H7BrO4/c12-8-10-6-3-5-9-4-1-2-7-11(9)10;1-4-5(8(11)12)2-3-6(10)7(4)9(13)14/h1-8H;2-3H,1H3,(H,11,12)(H,13,14). The van der Waals surface area contributed by atoms with Gasteiger partial charge in [0.2, 0.25) is 0 Å². The van der Waals surface area contributed by atoms with Gasteiger partial charge in [-0.05, 0) is 51.3 Å². The van der Waals surface area contributed by atoms with Crippen LogP contribution in [-0.2, 0) is 0 Å². The highest BCUT2D eigenvalue weighted by atomic mass is 79.9. The van der Waals surface area contributed by atoms with Crippen LogP contribution < -0.4 is 0 Å².